The average molecular weight is 375 g/mol. The maximum atomic E-state index is 12.6. The van der Waals surface area contributed by atoms with Gasteiger partial charge in [-0.3, -0.25) is 4.72 Å². The van der Waals surface area contributed by atoms with E-state index in [0.29, 0.717) is 6.04 Å². The molecule has 0 bridgehead atoms. The summed E-state index contributed by atoms with van der Waals surface area (Å²) in [5.74, 6) is 1.04. The van der Waals surface area contributed by atoms with Crippen LogP contribution in [0.5, 0.6) is 0 Å². The molecule has 0 aliphatic carbocycles. The second kappa shape index (κ2) is 7.61. The van der Waals surface area contributed by atoms with Crippen molar-refractivity contribution in [2.45, 2.75) is 57.4 Å². The average Bonchev–Trinajstić information content (AvgIpc) is 2.64. The van der Waals surface area contributed by atoms with E-state index in [1.54, 1.807) is 24.3 Å². The second-order valence-corrected chi connectivity index (χ2v) is 8.56. The quantitative estimate of drug-likeness (QED) is 0.864. The fourth-order valence-corrected chi connectivity index (χ4v) is 4.42. The maximum Gasteiger partial charge on any atom is 0.263 e. The number of hydrogen-bond donors (Lipinski definition) is 1. The molecule has 1 fully saturated rings. The Morgan fingerprint density at radius 1 is 1.12 bits per heavy atom. The Kier molecular flexibility index (Phi) is 5.46. The maximum absolute atomic E-state index is 12.6. The lowest BCUT2D eigenvalue weighted by Gasteiger charge is -2.35. The van der Waals surface area contributed by atoms with Crippen LogP contribution in [-0.4, -0.2) is 31.2 Å². The lowest BCUT2D eigenvalue weighted by atomic mass is 10.0. The van der Waals surface area contributed by atoms with Gasteiger partial charge in [0.15, 0.2) is 11.6 Å². The number of piperidine rings is 1. The molecule has 1 atom stereocenters. The number of nitrogens with zero attached hydrogens (tertiary/aromatic N) is 3. The largest absolute Gasteiger partial charge is 0.352 e. The third-order valence-electron chi connectivity index (χ3n) is 5.07. The topological polar surface area (TPSA) is 75.2 Å². The lowest BCUT2D eigenvalue weighted by molar-refractivity contribution is 0.445. The van der Waals surface area contributed by atoms with Crippen LogP contribution in [0.2, 0.25) is 0 Å². The van der Waals surface area contributed by atoms with Crippen LogP contribution in [0.4, 0.5) is 11.6 Å². The molecular weight excluding hydrogens is 348 g/mol. The Balaban J connectivity index is 1.77. The first kappa shape index (κ1) is 18.6. The van der Waals surface area contributed by atoms with Crippen molar-refractivity contribution in [1.29, 1.82) is 0 Å². The van der Waals surface area contributed by atoms with E-state index in [-0.39, 0.29) is 10.7 Å². The fourth-order valence-electron chi connectivity index (χ4n) is 3.34. The SMILES string of the molecule is CCC1CCCCN1c1ccc(NS(=O)(=O)c2ccc(C)c(C)c2)nn1. The Bertz CT molecular complexity index is 866. The number of benzene rings is 1. The van der Waals surface area contributed by atoms with Crippen LogP contribution >= 0.6 is 0 Å². The summed E-state index contributed by atoms with van der Waals surface area (Å²) in [5.41, 5.74) is 1.99. The van der Waals surface area contributed by atoms with Gasteiger partial charge in [-0.2, -0.15) is 0 Å². The molecule has 0 spiro atoms. The summed E-state index contributed by atoms with van der Waals surface area (Å²) in [4.78, 5) is 2.51. The Labute approximate surface area is 155 Å². The highest BCUT2D eigenvalue weighted by atomic mass is 32.2. The number of hydrogen-bond acceptors (Lipinski definition) is 5. The molecule has 3 rings (SSSR count). The molecule has 1 N–H and O–H groups in total. The first-order valence-corrected chi connectivity index (χ1v) is 10.6. The summed E-state index contributed by atoms with van der Waals surface area (Å²) < 4.78 is 27.6. The van der Waals surface area contributed by atoms with Crippen LogP contribution in [0.25, 0.3) is 0 Å². The molecule has 2 heterocycles. The van der Waals surface area contributed by atoms with Crippen LogP contribution in [0.15, 0.2) is 35.2 Å². The molecule has 1 aromatic carbocycles. The molecule has 2 aromatic rings. The number of sulfonamides is 1. The zero-order chi connectivity index (χ0) is 18.7. The van der Waals surface area contributed by atoms with Crippen molar-refractivity contribution in [3.05, 3.63) is 41.5 Å². The molecular formula is C19H26N4O2S. The highest BCUT2D eigenvalue weighted by Crippen LogP contribution is 2.25. The van der Waals surface area contributed by atoms with E-state index in [4.69, 9.17) is 0 Å². The van der Waals surface area contributed by atoms with Crippen LogP contribution in [0.1, 0.15) is 43.7 Å². The second-order valence-electron chi connectivity index (χ2n) is 6.88. The van der Waals surface area contributed by atoms with Crippen molar-refractivity contribution < 1.29 is 8.42 Å². The van der Waals surface area contributed by atoms with Crippen molar-refractivity contribution in [1.82, 2.24) is 10.2 Å². The predicted octanol–water partition coefficient (Wildman–Crippen LogP) is 3.66. The number of rotatable bonds is 5. The van der Waals surface area contributed by atoms with Gasteiger partial charge in [-0.25, -0.2) is 8.42 Å². The number of nitrogens with one attached hydrogen (secondary N) is 1. The van der Waals surface area contributed by atoms with Gasteiger partial charge in [-0.05, 0) is 74.9 Å². The van der Waals surface area contributed by atoms with Crippen LogP contribution < -0.4 is 9.62 Å². The highest BCUT2D eigenvalue weighted by Gasteiger charge is 2.22. The van der Waals surface area contributed by atoms with E-state index < -0.39 is 10.0 Å². The number of aromatic nitrogens is 2. The van der Waals surface area contributed by atoms with Crippen LogP contribution in [-0.2, 0) is 10.0 Å². The van der Waals surface area contributed by atoms with Gasteiger partial charge < -0.3 is 4.90 Å². The van der Waals surface area contributed by atoms with Crippen molar-refractivity contribution in [3.8, 4) is 0 Å². The van der Waals surface area contributed by atoms with Gasteiger partial charge in [0, 0.05) is 12.6 Å². The van der Waals surface area contributed by atoms with E-state index in [0.717, 1.165) is 36.3 Å². The van der Waals surface area contributed by atoms with Gasteiger partial charge in [-0.15, -0.1) is 10.2 Å². The third kappa shape index (κ3) is 3.98. The van der Waals surface area contributed by atoms with Crippen molar-refractivity contribution in [2.24, 2.45) is 0 Å². The first-order valence-electron chi connectivity index (χ1n) is 9.11. The summed E-state index contributed by atoms with van der Waals surface area (Å²) in [6, 6.07) is 9.09. The molecule has 0 amide bonds. The van der Waals surface area contributed by atoms with Gasteiger partial charge >= 0.3 is 0 Å². The number of anilines is 2. The minimum Gasteiger partial charge on any atom is -0.352 e. The number of aryl methyl sites for hydroxylation is 2. The Morgan fingerprint density at radius 3 is 2.58 bits per heavy atom. The molecule has 1 saturated heterocycles. The zero-order valence-electron chi connectivity index (χ0n) is 15.6. The molecule has 1 aliphatic rings. The summed E-state index contributed by atoms with van der Waals surface area (Å²) in [6.07, 6.45) is 4.64. The minimum absolute atomic E-state index is 0.230. The lowest BCUT2D eigenvalue weighted by Crippen LogP contribution is -2.39. The third-order valence-corrected chi connectivity index (χ3v) is 6.42. The van der Waals surface area contributed by atoms with Crippen LogP contribution in [0.3, 0.4) is 0 Å². The van der Waals surface area contributed by atoms with E-state index in [1.165, 1.54) is 12.8 Å². The molecule has 0 radical (unpaired) electrons. The standard InChI is InChI=1S/C19H26N4O2S/c1-4-16-7-5-6-12-23(16)19-11-10-18(20-21-19)22-26(24,25)17-9-8-14(2)15(3)13-17/h8-11,13,16H,4-7,12H2,1-3H3,(H,20,22). The van der Waals surface area contributed by atoms with E-state index in [1.807, 2.05) is 19.9 Å². The molecule has 0 saturated carbocycles. The van der Waals surface area contributed by atoms with Gasteiger partial charge in [0.25, 0.3) is 10.0 Å². The molecule has 1 unspecified atom stereocenters. The summed E-state index contributed by atoms with van der Waals surface area (Å²) in [6.45, 7) is 7.00. The molecule has 1 aliphatic heterocycles. The molecule has 26 heavy (non-hydrogen) atoms. The van der Waals surface area contributed by atoms with Gasteiger partial charge in [-0.1, -0.05) is 13.0 Å². The molecule has 6 nitrogen and oxygen atoms in total. The van der Waals surface area contributed by atoms with Crippen molar-refractivity contribution in [3.63, 3.8) is 0 Å². The van der Waals surface area contributed by atoms with E-state index in [2.05, 4.69) is 26.7 Å². The van der Waals surface area contributed by atoms with Gasteiger partial charge in [0.1, 0.15) is 0 Å². The first-order chi connectivity index (χ1) is 12.4. The summed E-state index contributed by atoms with van der Waals surface area (Å²) >= 11 is 0. The molecule has 7 heteroatoms. The Morgan fingerprint density at radius 2 is 1.92 bits per heavy atom. The van der Waals surface area contributed by atoms with E-state index >= 15 is 0 Å². The summed E-state index contributed by atoms with van der Waals surface area (Å²) in [7, 11) is -3.67. The van der Waals surface area contributed by atoms with Crippen molar-refractivity contribution >= 4 is 21.7 Å². The van der Waals surface area contributed by atoms with Crippen molar-refractivity contribution in [2.75, 3.05) is 16.2 Å². The zero-order valence-corrected chi connectivity index (χ0v) is 16.4. The molecule has 1 aromatic heterocycles. The Hall–Kier alpha value is -2.15. The highest BCUT2D eigenvalue weighted by molar-refractivity contribution is 7.92. The monoisotopic (exact) mass is 374 g/mol. The minimum atomic E-state index is -3.67. The normalized spacial score (nSPS) is 18.0. The summed E-state index contributed by atoms with van der Waals surface area (Å²) in [5, 5.41) is 8.35. The van der Waals surface area contributed by atoms with Gasteiger partial charge in [0.2, 0.25) is 0 Å². The predicted molar refractivity (Wildman–Crippen MR) is 104 cm³/mol. The van der Waals surface area contributed by atoms with Crippen LogP contribution in [0, 0.1) is 13.8 Å². The van der Waals surface area contributed by atoms with E-state index in [9.17, 15) is 8.42 Å². The van der Waals surface area contributed by atoms with Gasteiger partial charge in [0.05, 0.1) is 4.90 Å². The fraction of sp³-hybridized carbons (Fsp3) is 0.474. The molecule has 140 valence electrons. The smallest absolute Gasteiger partial charge is 0.263 e.